The molecule has 124 valence electrons. The second-order valence-electron chi connectivity index (χ2n) is 7.72. The fraction of sp³-hybridized carbons (Fsp3) is 1.00. The van der Waals surface area contributed by atoms with Gasteiger partial charge in [0, 0.05) is 25.2 Å². The number of likely N-dealkylation sites (tertiary alicyclic amines) is 1. The first-order chi connectivity index (χ1) is 9.96. The van der Waals surface area contributed by atoms with Gasteiger partial charge in [-0.25, -0.2) is 0 Å². The third-order valence-corrected chi connectivity index (χ3v) is 5.05. The minimum atomic E-state index is -0.635. The number of likely N-dealkylation sites (N-methyl/N-ethyl adjacent to an activating group) is 1. The molecule has 4 heteroatoms. The van der Waals surface area contributed by atoms with Gasteiger partial charge < -0.3 is 20.2 Å². The number of aliphatic hydroxyl groups is 1. The summed E-state index contributed by atoms with van der Waals surface area (Å²) in [5, 5.41) is 13.9. The second-order valence-corrected chi connectivity index (χ2v) is 7.72. The molecule has 0 spiro atoms. The van der Waals surface area contributed by atoms with E-state index in [0.717, 1.165) is 6.04 Å². The molecule has 2 N–H and O–H groups in total. The van der Waals surface area contributed by atoms with Crippen molar-refractivity contribution in [2.75, 3.05) is 40.3 Å². The molecule has 2 aliphatic rings. The van der Waals surface area contributed by atoms with Crippen LogP contribution in [0.5, 0.6) is 0 Å². The first kappa shape index (κ1) is 17.2. The van der Waals surface area contributed by atoms with Gasteiger partial charge in [-0.2, -0.15) is 0 Å². The molecule has 21 heavy (non-hydrogen) atoms. The van der Waals surface area contributed by atoms with Crippen LogP contribution < -0.4 is 5.32 Å². The quantitative estimate of drug-likeness (QED) is 0.782. The van der Waals surface area contributed by atoms with Gasteiger partial charge in [0.05, 0.1) is 5.60 Å². The Hall–Kier alpha value is -0.160. The largest absolute Gasteiger partial charge is 0.388 e. The lowest BCUT2D eigenvalue weighted by Crippen LogP contribution is -2.52. The lowest BCUT2D eigenvalue weighted by molar-refractivity contribution is 0.0272. The highest BCUT2D eigenvalue weighted by Gasteiger charge is 2.28. The van der Waals surface area contributed by atoms with Crippen molar-refractivity contribution in [3.63, 3.8) is 0 Å². The fourth-order valence-electron chi connectivity index (χ4n) is 4.02. The van der Waals surface area contributed by atoms with Crippen molar-refractivity contribution < 1.29 is 5.11 Å². The summed E-state index contributed by atoms with van der Waals surface area (Å²) in [6.45, 7) is 5.80. The Morgan fingerprint density at radius 1 is 1.10 bits per heavy atom. The maximum Gasteiger partial charge on any atom is 0.0869 e. The molecule has 1 aliphatic heterocycles. The van der Waals surface area contributed by atoms with Crippen LogP contribution in [-0.4, -0.2) is 72.9 Å². The summed E-state index contributed by atoms with van der Waals surface area (Å²) in [6.07, 6.45) is 9.58. The minimum absolute atomic E-state index is 0.582. The van der Waals surface area contributed by atoms with Crippen molar-refractivity contribution in [3.05, 3.63) is 0 Å². The zero-order valence-electron chi connectivity index (χ0n) is 14.3. The van der Waals surface area contributed by atoms with Crippen LogP contribution in [0.4, 0.5) is 0 Å². The van der Waals surface area contributed by atoms with Gasteiger partial charge in [-0.3, -0.25) is 0 Å². The highest BCUT2D eigenvalue weighted by Crippen LogP contribution is 2.25. The number of nitrogens with zero attached hydrogens (tertiary/aromatic N) is 2. The van der Waals surface area contributed by atoms with E-state index in [1.54, 1.807) is 0 Å². The van der Waals surface area contributed by atoms with Gasteiger partial charge in [0.2, 0.25) is 0 Å². The van der Waals surface area contributed by atoms with Crippen LogP contribution in [0.3, 0.4) is 0 Å². The fourth-order valence-corrected chi connectivity index (χ4v) is 4.02. The van der Waals surface area contributed by atoms with Crippen LogP contribution in [0.15, 0.2) is 0 Å². The smallest absolute Gasteiger partial charge is 0.0869 e. The average Bonchev–Trinajstić information content (AvgIpc) is 2.45. The van der Waals surface area contributed by atoms with Gasteiger partial charge in [0.15, 0.2) is 0 Å². The van der Waals surface area contributed by atoms with E-state index >= 15 is 0 Å². The summed E-state index contributed by atoms with van der Waals surface area (Å²) in [5.74, 6) is 0. The van der Waals surface area contributed by atoms with E-state index < -0.39 is 5.60 Å². The predicted octanol–water partition coefficient (Wildman–Crippen LogP) is 1.69. The maximum absolute atomic E-state index is 10.4. The van der Waals surface area contributed by atoms with Crippen molar-refractivity contribution in [3.8, 4) is 0 Å². The van der Waals surface area contributed by atoms with Crippen molar-refractivity contribution in [1.82, 2.24) is 15.1 Å². The Labute approximate surface area is 130 Å². The summed E-state index contributed by atoms with van der Waals surface area (Å²) in [4.78, 5) is 4.77. The monoisotopic (exact) mass is 297 g/mol. The zero-order chi connectivity index (χ0) is 15.3. The van der Waals surface area contributed by atoms with E-state index in [4.69, 9.17) is 0 Å². The third-order valence-electron chi connectivity index (χ3n) is 5.05. The van der Waals surface area contributed by atoms with E-state index in [1.165, 1.54) is 58.0 Å². The van der Waals surface area contributed by atoms with Crippen LogP contribution in [0.1, 0.15) is 51.9 Å². The summed E-state index contributed by atoms with van der Waals surface area (Å²) < 4.78 is 0. The van der Waals surface area contributed by atoms with E-state index in [9.17, 15) is 5.11 Å². The van der Waals surface area contributed by atoms with E-state index in [0.29, 0.717) is 19.1 Å². The van der Waals surface area contributed by atoms with Crippen molar-refractivity contribution in [1.29, 1.82) is 0 Å². The average molecular weight is 297 g/mol. The molecule has 0 aromatic heterocycles. The molecule has 1 heterocycles. The summed E-state index contributed by atoms with van der Waals surface area (Å²) in [7, 11) is 4.02. The lowest BCUT2D eigenvalue weighted by atomic mass is 9.92. The molecule has 2 fully saturated rings. The Kier molecular flexibility index (Phi) is 6.48. The molecule has 1 aliphatic carbocycles. The summed E-state index contributed by atoms with van der Waals surface area (Å²) in [6, 6.07) is 1.44. The van der Waals surface area contributed by atoms with Crippen molar-refractivity contribution in [2.24, 2.45) is 0 Å². The van der Waals surface area contributed by atoms with Gasteiger partial charge in [-0.05, 0) is 59.8 Å². The van der Waals surface area contributed by atoms with Gasteiger partial charge in [-0.1, -0.05) is 19.3 Å². The first-order valence-corrected chi connectivity index (χ1v) is 8.81. The molecule has 0 aromatic carbocycles. The molecule has 1 atom stereocenters. The van der Waals surface area contributed by atoms with Crippen LogP contribution in [-0.2, 0) is 0 Å². The van der Waals surface area contributed by atoms with E-state index in [1.807, 2.05) is 25.9 Å². The molecule has 4 nitrogen and oxygen atoms in total. The van der Waals surface area contributed by atoms with Gasteiger partial charge in [0.25, 0.3) is 0 Å². The van der Waals surface area contributed by atoms with E-state index in [2.05, 4.69) is 10.2 Å². The van der Waals surface area contributed by atoms with E-state index in [-0.39, 0.29) is 0 Å². The van der Waals surface area contributed by atoms with Gasteiger partial charge in [-0.15, -0.1) is 0 Å². The summed E-state index contributed by atoms with van der Waals surface area (Å²) in [5.41, 5.74) is -0.635. The Morgan fingerprint density at radius 2 is 1.71 bits per heavy atom. The Bertz CT molecular complexity index is 292. The van der Waals surface area contributed by atoms with Gasteiger partial charge >= 0.3 is 0 Å². The number of piperidine rings is 1. The number of hydrogen-bond donors (Lipinski definition) is 2. The summed E-state index contributed by atoms with van der Waals surface area (Å²) >= 11 is 0. The highest BCUT2D eigenvalue weighted by atomic mass is 16.3. The molecule has 0 bridgehead atoms. The SMILES string of the molecule is CN(C)CC(C)(O)CNC1CCN(C2CCCCC2)CC1. The normalized spacial score (nSPS) is 26.1. The first-order valence-electron chi connectivity index (χ1n) is 8.81. The Morgan fingerprint density at radius 3 is 2.29 bits per heavy atom. The van der Waals surface area contributed by atoms with Crippen molar-refractivity contribution >= 4 is 0 Å². The maximum atomic E-state index is 10.4. The minimum Gasteiger partial charge on any atom is -0.388 e. The molecule has 1 unspecified atom stereocenters. The third kappa shape index (κ3) is 5.85. The highest BCUT2D eigenvalue weighted by molar-refractivity contribution is 4.86. The van der Waals surface area contributed by atoms with Crippen LogP contribution in [0.25, 0.3) is 0 Å². The second kappa shape index (κ2) is 7.91. The number of rotatable bonds is 6. The van der Waals surface area contributed by atoms with Crippen molar-refractivity contribution in [2.45, 2.75) is 69.6 Å². The molecular formula is C17H35N3O. The lowest BCUT2D eigenvalue weighted by Gasteiger charge is -2.40. The standard InChI is InChI=1S/C17H35N3O/c1-17(21,14-19(2)3)13-18-15-9-11-20(12-10-15)16-7-5-4-6-8-16/h15-16,18,21H,4-14H2,1-3H3. The molecule has 2 rings (SSSR count). The predicted molar refractivity (Wildman–Crippen MR) is 88.6 cm³/mol. The molecular weight excluding hydrogens is 262 g/mol. The van der Waals surface area contributed by atoms with Crippen LogP contribution in [0.2, 0.25) is 0 Å². The van der Waals surface area contributed by atoms with Gasteiger partial charge in [0.1, 0.15) is 0 Å². The zero-order valence-corrected chi connectivity index (χ0v) is 14.3. The van der Waals surface area contributed by atoms with Crippen LogP contribution >= 0.6 is 0 Å². The van der Waals surface area contributed by atoms with Crippen LogP contribution in [0, 0.1) is 0 Å². The molecule has 0 amide bonds. The number of nitrogens with one attached hydrogen (secondary N) is 1. The topological polar surface area (TPSA) is 38.7 Å². The molecule has 0 radical (unpaired) electrons. The number of hydrogen-bond acceptors (Lipinski definition) is 4. The Balaban J connectivity index is 1.66. The molecule has 0 aromatic rings. The molecule has 1 saturated carbocycles. The molecule has 1 saturated heterocycles.